The molecule has 0 fully saturated rings. The molecule has 4 aromatic carbocycles. The summed E-state index contributed by atoms with van der Waals surface area (Å²) in [4.78, 5) is 7.20. The maximum absolute atomic E-state index is 6.40. The van der Waals surface area contributed by atoms with Gasteiger partial charge in [0.1, 0.15) is 11.2 Å². The number of fused-ring (bicyclic) bond motifs is 6. The van der Waals surface area contributed by atoms with Crippen LogP contribution in [0.2, 0.25) is 0 Å². The van der Waals surface area contributed by atoms with E-state index in [0.717, 1.165) is 49.5 Å². The maximum Gasteiger partial charge on any atom is 3.00 e. The Morgan fingerprint density at radius 3 is 1.95 bits per heavy atom. The number of benzene rings is 4. The number of hydrogen-bond acceptors (Lipinski definition) is 5. The Kier molecular flexibility index (Phi) is 10.2. The van der Waals surface area contributed by atoms with Crippen molar-refractivity contribution in [3.8, 4) is 11.3 Å². The molecule has 0 saturated heterocycles. The zero-order chi connectivity index (χ0) is 29.5. The fourth-order valence-electron chi connectivity index (χ4n) is 5.68. The summed E-state index contributed by atoms with van der Waals surface area (Å²) in [7, 11) is 0. The van der Waals surface area contributed by atoms with Gasteiger partial charge in [-0.2, -0.15) is 0 Å². The summed E-state index contributed by atoms with van der Waals surface area (Å²) < 4.78 is 6.23. The van der Waals surface area contributed by atoms with Gasteiger partial charge in [-0.25, -0.2) is 4.71 Å². The van der Waals surface area contributed by atoms with Crippen molar-refractivity contribution < 1.29 is 24.5 Å². The second-order valence-electron chi connectivity index (χ2n) is 12.1. The van der Waals surface area contributed by atoms with E-state index in [1.54, 1.807) is 0 Å². The molecule has 0 bridgehead atoms. The van der Waals surface area contributed by atoms with Crippen molar-refractivity contribution in [2.75, 3.05) is 0 Å². The molecule has 2 aromatic heterocycles. The van der Waals surface area contributed by atoms with Crippen LogP contribution in [0.3, 0.4) is 0 Å². The summed E-state index contributed by atoms with van der Waals surface area (Å²) in [6.45, 7) is 15.2. The summed E-state index contributed by atoms with van der Waals surface area (Å²) in [5.74, 6) is 0. The molecule has 0 atom stereocenters. The molecule has 218 valence electrons. The Morgan fingerprint density at radius 1 is 0.786 bits per heavy atom. The normalized spacial score (nSPS) is 12.1. The van der Waals surface area contributed by atoms with Crippen LogP contribution < -0.4 is 0 Å². The van der Waals surface area contributed by atoms with Gasteiger partial charge in [0.15, 0.2) is 0 Å². The number of para-hydroxylation sites is 2. The minimum Gasteiger partial charge on any atom is -0.800 e. The molecule has 0 saturated carbocycles. The van der Waals surface area contributed by atoms with Gasteiger partial charge in [-0.1, -0.05) is 86.3 Å². The minimum atomic E-state index is -0.167. The number of furan rings is 1. The van der Waals surface area contributed by atoms with Crippen molar-refractivity contribution in [2.45, 2.75) is 70.7 Å². The molecule has 6 rings (SSSR count). The summed E-state index contributed by atoms with van der Waals surface area (Å²) in [5, 5.41) is 5.69. The van der Waals surface area contributed by atoms with Gasteiger partial charge >= 0.3 is 20.1 Å². The SMILES string of the molecule is CC(C)(C)c1cc(-c2nc3ccccc3c3c2oc2ccccc23)[c-]c2ccccc12.CC(C)N(C(C)C)C([S-])[S-].[Ir+3]. The van der Waals surface area contributed by atoms with Crippen molar-refractivity contribution in [2.24, 2.45) is 0 Å². The van der Waals surface area contributed by atoms with E-state index in [-0.39, 0.29) is 30.2 Å². The fourth-order valence-corrected chi connectivity index (χ4v) is 6.65. The van der Waals surface area contributed by atoms with Crippen molar-refractivity contribution in [1.82, 2.24) is 9.88 Å². The van der Waals surface area contributed by atoms with E-state index in [0.29, 0.717) is 12.1 Å². The van der Waals surface area contributed by atoms with Crippen LogP contribution in [0.1, 0.15) is 54.0 Å². The van der Waals surface area contributed by atoms with Crippen molar-refractivity contribution in [1.29, 1.82) is 0 Å². The van der Waals surface area contributed by atoms with Crippen molar-refractivity contribution in [3.05, 3.63) is 90.5 Å². The Labute approximate surface area is 274 Å². The number of aromatic nitrogens is 1. The zero-order valence-electron chi connectivity index (χ0n) is 25.2. The fraction of sp³-hybridized carbons (Fsp3) is 0.306. The Balaban J connectivity index is 0.000000320. The smallest absolute Gasteiger partial charge is 0.800 e. The first kappa shape index (κ1) is 32.6. The monoisotopic (exact) mass is 770 g/mol. The van der Waals surface area contributed by atoms with E-state index < -0.39 is 0 Å². The topological polar surface area (TPSA) is 29.3 Å². The Hall–Kier alpha value is -2.34. The number of hydrogen-bond donors (Lipinski definition) is 0. The van der Waals surface area contributed by atoms with Gasteiger partial charge in [0, 0.05) is 33.9 Å². The van der Waals surface area contributed by atoms with Crippen molar-refractivity contribution >= 4 is 68.9 Å². The maximum atomic E-state index is 6.40. The van der Waals surface area contributed by atoms with Crippen LogP contribution in [0.4, 0.5) is 0 Å². The van der Waals surface area contributed by atoms with E-state index in [2.05, 4.69) is 120 Å². The first-order chi connectivity index (χ1) is 19.5. The molecule has 3 nitrogen and oxygen atoms in total. The average molecular weight is 770 g/mol. The van der Waals surface area contributed by atoms with E-state index in [9.17, 15) is 0 Å². The summed E-state index contributed by atoms with van der Waals surface area (Å²) in [5.41, 5.74) is 5.78. The molecule has 0 aliphatic carbocycles. The van der Waals surface area contributed by atoms with E-state index in [1.165, 1.54) is 10.9 Å². The van der Waals surface area contributed by atoms with Crippen LogP contribution in [0.5, 0.6) is 0 Å². The van der Waals surface area contributed by atoms with E-state index in [1.807, 2.05) is 18.2 Å². The number of pyridine rings is 1. The van der Waals surface area contributed by atoms with Gasteiger partial charge in [0.25, 0.3) is 0 Å². The summed E-state index contributed by atoms with van der Waals surface area (Å²) in [6.07, 6.45) is 0. The van der Waals surface area contributed by atoms with Crippen LogP contribution >= 0.6 is 0 Å². The second-order valence-corrected chi connectivity index (χ2v) is 13.3. The molecule has 0 spiro atoms. The molecule has 0 unspecified atom stereocenters. The third kappa shape index (κ3) is 6.44. The molecular weight excluding hydrogens is 733 g/mol. The van der Waals surface area contributed by atoms with Gasteiger partial charge < -0.3 is 34.6 Å². The molecule has 0 aliphatic rings. The zero-order valence-corrected chi connectivity index (χ0v) is 29.2. The molecule has 0 aliphatic heterocycles. The van der Waals surface area contributed by atoms with Crippen LogP contribution in [0, 0.1) is 6.07 Å². The predicted octanol–water partition coefficient (Wildman–Crippen LogP) is 9.53. The third-order valence-corrected chi connectivity index (χ3v) is 7.98. The van der Waals surface area contributed by atoms with E-state index in [4.69, 9.17) is 34.7 Å². The van der Waals surface area contributed by atoms with Gasteiger partial charge in [0.2, 0.25) is 0 Å². The molecular formula is C36H37IrN2OS2. The molecule has 0 radical (unpaired) electrons. The van der Waals surface area contributed by atoms with Crippen molar-refractivity contribution in [3.63, 3.8) is 0 Å². The third-order valence-electron chi connectivity index (χ3n) is 7.49. The molecule has 42 heavy (non-hydrogen) atoms. The molecule has 2 heterocycles. The Morgan fingerprint density at radius 2 is 1.36 bits per heavy atom. The first-order valence-corrected chi connectivity index (χ1v) is 15.2. The quantitative estimate of drug-likeness (QED) is 0.132. The first-order valence-electron chi connectivity index (χ1n) is 14.2. The standard InChI is InChI=1S/C29H22NO.C7H17NS2.Ir/c1-29(2,3)23-17-19(16-18-10-4-5-11-20(18)23)27-28-26(21-12-6-8-14-24(21)30-27)22-13-7-9-15-25(22)31-28;1-5(2)8(6(3)4)7(9)10;/h4-15,17H,1-3H3;5-7,9-10H,1-4H3;/q-1;;+3/p-2. The molecule has 0 amide bonds. The minimum absolute atomic E-state index is 0. The predicted molar refractivity (Wildman–Crippen MR) is 180 cm³/mol. The van der Waals surface area contributed by atoms with Crippen LogP contribution in [0.15, 0.2) is 83.3 Å². The van der Waals surface area contributed by atoms with Gasteiger partial charge in [-0.05, 0) is 45.2 Å². The van der Waals surface area contributed by atoms with Crippen LogP contribution in [-0.2, 0) is 50.8 Å². The van der Waals surface area contributed by atoms with Crippen LogP contribution in [0.25, 0.3) is 54.9 Å². The molecule has 6 heteroatoms. The number of rotatable bonds is 4. The molecule has 6 aromatic rings. The van der Waals surface area contributed by atoms with Crippen LogP contribution in [-0.4, -0.2) is 26.7 Å². The largest absolute Gasteiger partial charge is 3.00 e. The Bertz CT molecular complexity index is 1820. The summed E-state index contributed by atoms with van der Waals surface area (Å²) in [6, 6.07) is 31.8. The van der Waals surface area contributed by atoms with Gasteiger partial charge in [-0.15, -0.1) is 29.1 Å². The average Bonchev–Trinajstić information content (AvgIpc) is 3.31. The van der Waals surface area contributed by atoms with E-state index >= 15 is 0 Å². The molecule has 0 N–H and O–H groups in total. The number of nitrogens with zero attached hydrogens (tertiary/aromatic N) is 2. The second kappa shape index (κ2) is 13.1. The van der Waals surface area contributed by atoms with Gasteiger partial charge in [0.05, 0.1) is 5.52 Å². The van der Waals surface area contributed by atoms with Gasteiger partial charge in [-0.3, -0.25) is 4.98 Å². The summed E-state index contributed by atoms with van der Waals surface area (Å²) >= 11 is 9.99.